The summed E-state index contributed by atoms with van der Waals surface area (Å²) in [7, 11) is 0. The third-order valence-corrected chi connectivity index (χ3v) is 2.75. The van der Waals surface area contributed by atoms with Crippen LogP contribution in [0.1, 0.15) is 25.1 Å². The van der Waals surface area contributed by atoms with Crippen LogP contribution in [-0.2, 0) is 10.9 Å². The van der Waals surface area contributed by atoms with E-state index in [0.29, 0.717) is 6.61 Å². The molecule has 0 saturated heterocycles. The molecular weight excluding hydrogens is 245 g/mol. The van der Waals surface area contributed by atoms with E-state index in [4.69, 9.17) is 4.74 Å². The first kappa shape index (κ1) is 12.9. The highest BCUT2D eigenvalue weighted by Gasteiger charge is 2.32. The van der Waals surface area contributed by atoms with Crippen molar-refractivity contribution >= 4 is 5.90 Å². The third-order valence-electron chi connectivity index (χ3n) is 2.75. The smallest absolute Gasteiger partial charge is 0.416 e. The van der Waals surface area contributed by atoms with E-state index in [2.05, 4.69) is 9.98 Å². The molecule has 18 heavy (non-hydrogen) atoms. The van der Waals surface area contributed by atoms with Crippen LogP contribution >= 0.6 is 0 Å². The van der Waals surface area contributed by atoms with Crippen LogP contribution in [0.15, 0.2) is 23.3 Å². The molecular formula is C12H13F3N2O. The highest BCUT2D eigenvalue weighted by atomic mass is 19.4. The lowest BCUT2D eigenvalue weighted by Gasteiger charge is -2.07. The first-order chi connectivity index (χ1) is 8.38. The van der Waals surface area contributed by atoms with Gasteiger partial charge < -0.3 is 4.74 Å². The standard InChI is InChI=1S/C12H13F3N2O/c1-7(2)10-6-18-11(17-10)9-5-8(3-4-16-9)12(13,14)15/h3-5,7,10H,6H2,1-2H3/t10-/m0/s1. The fourth-order valence-corrected chi connectivity index (χ4v) is 1.59. The molecule has 0 aliphatic carbocycles. The van der Waals surface area contributed by atoms with Gasteiger partial charge in [0.25, 0.3) is 0 Å². The average Bonchev–Trinajstić information content (AvgIpc) is 2.77. The van der Waals surface area contributed by atoms with Gasteiger partial charge in [-0.15, -0.1) is 0 Å². The van der Waals surface area contributed by atoms with Crippen LogP contribution in [0, 0.1) is 5.92 Å². The molecule has 1 aromatic rings. The number of ether oxygens (including phenoxy) is 1. The van der Waals surface area contributed by atoms with Crippen molar-refractivity contribution in [3.63, 3.8) is 0 Å². The zero-order valence-corrected chi connectivity index (χ0v) is 10.0. The number of nitrogens with zero attached hydrogens (tertiary/aromatic N) is 2. The number of aliphatic imine (C=N–C) groups is 1. The summed E-state index contributed by atoms with van der Waals surface area (Å²) >= 11 is 0. The normalized spacial score (nSPS) is 19.9. The van der Waals surface area contributed by atoms with E-state index in [9.17, 15) is 13.2 Å². The topological polar surface area (TPSA) is 34.5 Å². The molecule has 6 heteroatoms. The maximum absolute atomic E-state index is 12.6. The summed E-state index contributed by atoms with van der Waals surface area (Å²) in [6, 6.07) is 1.87. The van der Waals surface area contributed by atoms with Gasteiger partial charge in [-0.25, -0.2) is 4.99 Å². The van der Waals surface area contributed by atoms with Gasteiger partial charge in [0.15, 0.2) is 0 Å². The molecule has 2 rings (SSSR count). The van der Waals surface area contributed by atoms with Gasteiger partial charge in [-0.3, -0.25) is 4.98 Å². The van der Waals surface area contributed by atoms with Crippen molar-refractivity contribution in [3.8, 4) is 0 Å². The summed E-state index contributed by atoms with van der Waals surface area (Å²) in [6.07, 6.45) is -3.26. The Hall–Kier alpha value is -1.59. The molecule has 2 heterocycles. The monoisotopic (exact) mass is 258 g/mol. The van der Waals surface area contributed by atoms with Crippen molar-refractivity contribution in [1.82, 2.24) is 4.98 Å². The van der Waals surface area contributed by atoms with E-state index >= 15 is 0 Å². The Kier molecular flexibility index (Phi) is 3.28. The number of aromatic nitrogens is 1. The van der Waals surface area contributed by atoms with Gasteiger partial charge in [-0.05, 0) is 18.1 Å². The molecule has 3 nitrogen and oxygen atoms in total. The number of alkyl halides is 3. The summed E-state index contributed by atoms with van der Waals surface area (Å²) in [5.74, 6) is 0.480. The van der Waals surface area contributed by atoms with Gasteiger partial charge in [0.2, 0.25) is 5.90 Å². The molecule has 0 N–H and O–H groups in total. The van der Waals surface area contributed by atoms with Crippen LogP contribution in [0.3, 0.4) is 0 Å². The number of halogens is 3. The van der Waals surface area contributed by atoms with E-state index in [0.717, 1.165) is 18.3 Å². The minimum Gasteiger partial charge on any atom is -0.474 e. The van der Waals surface area contributed by atoms with E-state index in [1.54, 1.807) is 0 Å². The Morgan fingerprint density at radius 3 is 2.67 bits per heavy atom. The van der Waals surface area contributed by atoms with Crippen LogP contribution in [0.2, 0.25) is 0 Å². The van der Waals surface area contributed by atoms with Gasteiger partial charge in [0.1, 0.15) is 12.3 Å². The minimum atomic E-state index is -4.38. The molecule has 1 aliphatic rings. The first-order valence-electron chi connectivity index (χ1n) is 5.62. The Labute approximate surface area is 103 Å². The van der Waals surface area contributed by atoms with Crippen LogP contribution in [0.5, 0.6) is 0 Å². The fraction of sp³-hybridized carbons (Fsp3) is 0.500. The molecule has 0 aromatic carbocycles. The van der Waals surface area contributed by atoms with E-state index in [-0.39, 0.29) is 23.6 Å². The van der Waals surface area contributed by atoms with Crippen molar-refractivity contribution in [2.24, 2.45) is 10.9 Å². The number of rotatable bonds is 2. The maximum Gasteiger partial charge on any atom is 0.416 e. The second kappa shape index (κ2) is 4.59. The zero-order chi connectivity index (χ0) is 13.3. The maximum atomic E-state index is 12.6. The van der Waals surface area contributed by atoms with E-state index in [1.165, 1.54) is 0 Å². The molecule has 0 saturated carbocycles. The molecule has 0 bridgehead atoms. The SMILES string of the molecule is CC(C)[C@@H]1COC(c2cc(C(F)(F)F)ccn2)=N1. The Bertz CT molecular complexity index is 469. The van der Waals surface area contributed by atoms with Crippen LogP contribution in [-0.4, -0.2) is 23.5 Å². The van der Waals surface area contributed by atoms with Gasteiger partial charge in [-0.2, -0.15) is 13.2 Å². The summed E-state index contributed by atoms with van der Waals surface area (Å²) in [5, 5.41) is 0. The lowest BCUT2D eigenvalue weighted by atomic mass is 10.1. The van der Waals surface area contributed by atoms with E-state index < -0.39 is 11.7 Å². The quantitative estimate of drug-likeness (QED) is 0.817. The Morgan fingerprint density at radius 2 is 2.11 bits per heavy atom. The number of hydrogen-bond acceptors (Lipinski definition) is 3. The van der Waals surface area contributed by atoms with E-state index in [1.807, 2.05) is 13.8 Å². The van der Waals surface area contributed by atoms with Crippen molar-refractivity contribution in [3.05, 3.63) is 29.6 Å². The summed E-state index contributed by atoms with van der Waals surface area (Å²) in [6.45, 7) is 4.37. The third kappa shape index (κ3) is 2.63. The van der Waals surface area contributed by atoms with Gasteiger partial charge in [0.05, 0.1) is 11.6 Å². The van der Waals surface area contributed by atoms with Crippen molar-refractivity contribution in [2.75, 3.05) is 6.61 Å². The average molecular weight is 258 g/mol. The lowest BCUT2D eigenvalue weighted by molar-refractivity contribution is -0.137. The molecule has 0 amide bonds. The second-order valence-electron chi connectivity index (χ2n) is 4.48. The molecule has 1 atom stereocenters. The molecule has 1 aromatic heterocycles. The largest absolute Gasteiger partial charge is 0.474 e. The molecule has 0 spiro atoms. The summed E-state index contributed by atoms with van der Waals surface area (Å²) < 4.78 is 43.0. The molecule has 0 fully saturated rings. The van der Waals surface area contributed by atoms with Gasteiger partial charge >= 0.3 is 6.18 Å². The summed E-state index contributed by atoms with van der Waals surface area (Å²) in [4.78, 5) is 8.12. The molecule has 1 aliphatic heterocycles. The molecule has 98 valence electrons. The van der Waals surface area contributed by atoms with Gasteiger partial charge in [0, 0.05) is 6.20 Å². The predicted molar refractivity (Wildman–Crippen MR) is 60.4 cm³/mol. The highest BCUT2D eigenvalue weighted by Crippen LogP contribution is 2.29. The number of pyridine rings is 1. The highest BCUT2D eigenvalue weighted by molar-refractivity contribution is 5.93. The fourth-order valence-electron chi connectivity index (χ4n) is 1.59. The zero-order valence-electron chi connectivity index (χ0n) is 10.0. The number of hydrogen-bond donors (Lipinski definition) is 0. The van der Waals surface area contributed by atoms with Crippen molar-refractivity contribution in [2.45, 2.75) is 26.1 Å². The van der Waals surface area contributed by atoms with Crippen LogP contribution in [0.25, 0.3) is 0 Å². The predicted octanol–water partition coefficient (Wildman–Crippen LogP) is 2.90. The lowest BCUT2D eigenvalue weighted by Crippen LogP contribution is -2.13. The van der Waals surface area contributed by atoms with Crippen LogP contribution in [0.4, 0.5) is 13.2 Å². The summed E-state index contributed by atoms with van der Waals surface area (Å²) in [5.41, 5.74) is -0.611. The first-order valence-corrected chi connectivity index (χ1v) is 5.62. The van der Waals surface area contributed by atoms with Gasteiger partial charge in [-0.1, -0.05) is 13.8 Å². The Morgan fingerprint density at radius 1 is 1.39 bits per heavy atom. The van der Waals surface area contributed by atoms with Crippen molar-refractivity contribution < 1.29 is 17.9 Å². The van der Waals surface area contributed by atoms with Crippen LogP contribution < -0.4 is 0 Å². The Balaban J connectivity index is 2.28. The molecule has 0 radical (unpaired) electrons. The van der Waals surface area contributed by atoms with Crippen molar-refractivity contribution in [1.29, 1.82) is 0 Å². The second-order valence-corrected chi connectivity index (χ2v) is 4.48. The molecule has 0 unspecified atom stereocenters. The minimum absolute atomic E-state index is 0.0173.